The minimum Gasteiger partial charge on any atom is -0.363 e. The standard InChI is InChI=1S/C20H30N4O3/c1-22-11-13-23(14-12-22)18-10-9-16(15-19(18)24(26)27)20(25)21-17-7-5-3-2-4-6-8-17/h9-10,15,17H,2-8,11-14H2,1H3,(H,21,25). The number of benzene rings is 1. The van der Waals surface area contributed by atoms with Crippen molar-refractivity contribution in [3.63, 3.8) is 0 Å². The van der Waals surface area contributed by atoms with Crippen LogP contribution in [0.1, 0.15) is 55.3 Å². The third-order valence-corrected chi connectivity index (χ3v) is 5.72. The zero-order valence-electron chi connectivity index (χ0n) is 16.2. The molecule has 1 N–H and O–H groups in total. The number of hydrogen-bond acceptors (Lipinski definition) is 5. The maximum atomic E-state index is 12.7. The average Bonchev–Trinajstić information content (AvgIpc) is 2.64. The van der Waals surface area contributed by atoms with Crippen molar-refractivity contribution in [3.8, 4) is 0 Å². The van der Waals surface area contributed by atoms with Gasteiger partial charge in [-0.1, -0.05) is 32.1 Å². The highest BCUT2D eigenvalue weighted by Crippen LogP contribution is 2.30. The van der Waals surface area contributed by atoms with E-state index in [1.54, 1.807) is 12.1 Å². The summed E-state index contributed by atoms with van der Waals surface area (Å²) in [5.74, 6) is -0.200. The fourth-order valence-electron chi connectivity index (χ4n) is 3.99. The summed E-state index contributed by atoms with van der Waals surface area (Å²) < 4.78 is 0. The van der Waals surface area contributed by atoms with E-state index < -0.39 is 0 Å². The number of nitrogens with zero attached hydrogens (tertiary/aromatic N) is 3. The molecule has 1 saturated heterocycles. The van der Waals surface area contributed by atoms with Gasteiger partial charge in [-0.05, 0) is 32.0 Å². The molecule has 27 heavy (non-hydrogen) atoms. The topological polar surface area (TPSA) is 78.7 Å². The van der Waals surface area contributed by atoms with E-state index in [1.165, 1.54) is 25.3 Å². The summed E-state index contributed by atoms with van der Waals surface area (Å²) in [7, 11) is 2.05. The molecule has 0 radical (unpaired) electrons. The van der Waals surface area contributed by atoms with Crippen LogP contribution in [0.4, 0.5) is 11.4 Å². The van der Waals surface area contributed by atoms with Crippen LogP contribution >= 0.6 is 0 Å². The highest BCUT2D eigenvalue weighted by atomic mass is 16.6. The van der Waals surface area contributed by atoms with E-state index in [0.29, 0.717) is 11.3 Å². The van der Waals surface area contributed by atoms with Crippen LogP contribution in [0.2, 0.25) is 0 Å². The van der Waals surface area contributed by atoms with Gasteiger partial charge in [0, 0.05) is 43.9 Å². The molecular weight excluding hydrogens is 344 g/mol. The molecule has 7 heteroatoms. The number of anilines is 1. The Hall–Kier alpha value is -2.15. The van der Waals surface area contributed by atoms with Crippen LogP contribution in [0.25, 0.3) is 0 Å². The van der Waals surface area contributed by atoms with Crippen molar-refractivity contribution in [2.24, 2.45) is 0 Å². The lowest BCUT2D eigenvalue weighted by Gasteiger charge is -2.33. The number of piperazine rings is 1. The first-order chi connectivity index (χ1) is 13.0. The molecule has 0 spiro atoms. The number of carbonyl (C=O) groups is 1. The van der Waals surface area contributed by atoms with Crippen molar-refractivity contribution in [2.75, 3.05) is 38.1 Å². The maximum absolute atomic E-state index is 12.7. The molecule has 1 amide bonds. The highest BCUT2D eigenvalue weighted by Gasteiger charge is 2.25. The van der Waals surface area contributed by atoms with Gasteiger partial charge in [0.2, 0.25) is 0 Å². The van der Waals surface area contributed by atoms with E-state index in [0.717, 1.165) is 51.9 Å². The molecule has 0 atom stereocenters. The quantitative estimate of drug-likeness (QED) is 0.647. The molecule has 1 aliphatic heterocycles. The first-order valence-electron chi connectivity index (χ1n) is 10.1. The highest BCUT2D eigenvalue weighted by molar-refractivity contribution is 5.96. The number of nitro groups is 1. The summed E-state index contributed by atoms with van der Waals surface area (Å²) in [5, 5.41) is 14.7. The molecule has 1 aromatic carbocycles. The Kier molecular flexibility index (Phi) is 6.66. The van der Waals surface area contributed by atoms with Crippen LogP contribution in [-0.2, 0) is 0 Å². The smallest absolute Gasteiger partial charge is 0.293 e. The first kappa shape index (κ1) is 19.6. The van der Waals surface area contributed by atoms with Gasteiger partial charge in [0.1, 0.15) is 5.69 Å². The predicted molar refractivity (Wildman–Crippen MR) is 106 cm³/mol. The fourth-order valence-corrected chi connectivity index (χ4v) is 3.99. The lowest BCUT2D eigenvalue weighted by Crippen LogP contribution is -2.44. The van der Waals surface area contributed by atoms with Crippen LogP contribution in [0, 0.1) is 10.1 Å². The molecule has 1 heterocycles. The largest absolute Gasteiger partial charge is 0.363 e. The number of rotatable bonds is 4. The van der Waals surface area contributed by atoms with Gasteiger partial charge >= 0.3 is 0 Å². The Labute approximate surface area is 160 Å². The lowest BCUT2D eigenvalue weighted by atomic mass is 9.96. The van der Waals surface area contributed by atoms with E-state index in [1.807, 2.05) is 4.90 Å². The van der Waals surface area contributed by atoms with Crippen molar-refractivity contribution in [3.05, 3.63) is 33.9 Å². The summed E-state index contributed by atoms with van der Waals surface area (Å²) >= 11 is 0. The molecule has 0 unspecified atom stereocenters. The van der Waals surface area contributed by atoms with E-state index in [9.17, 15) is 14.9 Å². The van der Waals surface area contributed by atoms with Crippen molar-refractivity contribution in [2.45, 2.75) is 51.0 Å². The van der Waals surface area contributed by atoms with Gasteiger partial charge in [-0.25, -0.2) is 0 Å². The maximum Gasteiger partial charge on any atom is 0.293 e. The number of amides is 1. The zero-order valence-corrected chi connectivity index (χ0v) is 16.2. The summed E-state index contributed by atoms with van der Waals surface area (Å²) in [6.07, 6.45) is 7.97. The number of likely N-dealkylation sites (N-methyl/N-ethyl adjacent to an activating group) is 1. The molecule has 0 bridgehead atoms. The lowest BCUT2D eigenvalue weighted by molar-refractivity contribution is -0.384. The van der Waals surface area contributed by atoms with Gasteiger partial charge in [-0.15, -0.1) is 0 Å². The molecule has 3 rings (SSSR count). The second kappa shape index (κ2) is 9.17. The van der Waals surface area contributed by atoms with Gasteiger partial charge < -0.3 is 15.1 Å². The zero-order chi connectivity index (χ0) is 19.2. The third-order valence-electron chi connectivity index (χ3n) is 5.72. The minimum absolute atomic E-state index is 0.0184. The Morgan fingerprint density at radius 3 is 2.33 bits per heavy atom. The number of nitrogens with one attached hydrogen (secondary N) is 1. The van der Waals surface area contributed by atoms with Crippen LogP contribution < -0.4 is 10.2 Å². The van der Waals surface area contributed by atoms with Gasteiger partial charge in [-0.3, -0.25) is 14.9 Å². The van der Waals surface area contributed by atoms with E-state index in [4.69, 9.17) is 0 Å². The molecule has 1 saturated carbocycles. The van der Waals surface area contributed by atoms with Crippen LogP contribution in [-0.4, -0.2) is 55.0 Å². The van der Waals surface area contributed by atoms with Gasteiger partial charge in [0.25, 0.3) is 11.6 Å². The molecule has 7 nitrogen and oxygen atoms in total. The molecule has 1 aromatic rings. The second-order valence-electron chi connectivity index (χ2n) is 7.77. The summed E-state index contributed by atoms with van der Waals surface area (Å²) in [5.41, 5.74) is 1.00. The summed E-state index contributed by atoms with van der Waals surface area (Å²) in [6.45, 7) is 3.26. The molecule has 1 aliphatic carbocycles. The number of nitro benzene ring substituents is 1. The van der Waals surface area contributed by atoms with Gasteiger partial charge in [0.05, 0.1) is 4.92 Å². The van der Waals surface area contributed by atoms with Crippen LogP contribution in [0.5, 0.6) is 0 Å². The monoisotopic (exact) mass is 374 g/mol. The number of hydrogen-bond donors (Lipinski definition) is 1. The Balaban J connectivity index is 1.72. The van der Waals surface area contributed by atoms with E-state index in [2.05, 4.69) is 17.3 Å². The van der Waals surface area contributed by atoms with Crippen LogP contribution in [0.15, 0.2) is 18.2 Å². The van der Waals surface area contributed by atoms with Crippen molar-refractivity contribution < 1.29 is 9.72 Å². The SMILES string of the molecule is CN1CCN(c2ccc(C(=O)NC3CCCCCCC3)cc2[N+](=O)[O-])CC1. The van der Waals surface area contributed by atoms with Gasteiger partial charge in [0.15, 0.2) is 0 Å². The molecule has 0 aromatic heterocycles. The fraction of sp³-hybridized carbons (Fsp3) is 0.650. The normalized spacial score (nSPS) is 20.0. The average molecular weight is 374 g/mol. The first-order valence-corrected chi connectivity index (χ1v) is 10.1. The van der Waals surface area contributed by atoms with Crippen molar-refractivity contribution in [1.82, 2.24) is 10.2 Å². The van der Waals surface area contributed by atoms with Crippen LogP contribution in [0.3, 0.4) is 0 Å². The molecule has 148 valence electrons. The van der Waals surface area contributed by atoms with E-state index >= 15 is 0 Å². The van der Waals surface area contributed by atoms with Crippen molar-refractivity contribution in [1.29, 1.82) is 0 Å². The summed E-state index contributed by atoms with van der Waals surface area (Å²) in [6, 6.07) is 5.07. The molecule has 2 aliphatic rings. The van der Waals surface area contributed by atoms with Gasteiger partial charge in [-0.2, -0.15) is 0 Å². The summed E-state index contributed by atoms with van der Waals surface area (Å²) in [4.78, 5) is 28.1. The number of carbonyl (C=O) groups excluding carboxylic acids is 1. The van der Waals surface area contributed by atoms with E-state index in [-0.39, 0.29) is 22.6 Å². The van der Waals surface area contributed by atoms with Crippen molar-refractivity contribution >= 4 is 17.3 Å². The second-order valence-corrected chi connectivity index (χ2v) is 7.77. The molecular formula is C20H30N4O3. The predicted octanol–water partition coefficient (Wildman–Crippen LogP) is 3.19. The Bertz CT molecular complexity index is 663. The third kappa shape index (κ3) is 5.19. The Morgan fingerprint density at radius 1 is 1.07 bits per heavy atom. The Morgan fingerprint density at radius 2 is 1.70 bits per heavy atom. The minimum atomic E-state index is -0.375. The molecule has 2 fully saturated rings.